The number of hydrogen-bond donors (Lipinski definition) is 1. The molecule has 0 aliphatic rings. The molecule has 10 heteroatoms. The van der Waals surface area contributed by atoms with Gasteiger partial charge in [-0.05, 0) is 83.1 Å². The Labute approximate surface area is 539 Å². The highest BCUT2D eigenvalue weighted by molar-refractivity contribution is 7.45. The van der Waals surface area contributed by atoms with Crippen molar-refractivity contribution in [1.29, 1.82) is 0 Å². The first kappa shape index (κ1) is 84.2. The van der Waals surface area contributed by atoms with Gasteiger partial charge in [-0.1, -0.05) is 331 Å². The minimum absolute atomic E-state index is 0.0282. The molecule has 0 spiro atoms. The van der Waals surface area contributed by atoms with Crippen molar-refractivity contribution in [3.8, 4) is 0 Å². The van der Waals surface area contributed by atoms with Crippen LogP contribution in [-0.2, 0) is 27.9 Å². The van der Waals surface area contributed by atoms with E-state index >= 15 is 0 Å². The van der Waals surface area contributed by atoms with Gasteiger partial charge >= 0.3 is 5.97 Å². The standard InChI is InChI=1S/C77H141N2O7P/c1-7-10-13-16-19-22-25-28-30-32-34-36-38-39-41-42-44-46-48-51-54-57-60-63-66-69-76(80)78-74(73-85-87(82,83)84-72-71-79(4,5)6)75(68-65-62-59-56-53-50-27-24-21-18-15-12-9-3)86-77(81)70-67-64-61-58-55-52-49-47-45-43-40-37-35-33-31-29-26-23-20-17-14-11-8-2/h11,14,20,23,29,31,35,37,43,45,49,52,65,68,74-75H,7-10,12-13,15-19,21-22,24-28,30,32-34,36,38-42,44,46-48,50-51,53-64,66-67,69-73H2,1-6H3,(H-,78,80,82,83)/b14-11-,23-20-,31-29-,37-35-,45-43-,52-49-,68-65+. The van der Waals surface area contributed by atoms with Crippen LogP contribution >= 0.6 is 7.82 Å². The molecule has 3 atom stereocenters. The number of amides is 1. The number of phosphoric acid groups is 1. The molecule has 0 aliphatic heterocycles. The number of allylic oxidation sites excluding steroid dienone is 13. The zero-order valence-corrected chi connectivity index (χ0v) is 58.9. The van der Waals surface area contributed by atoms with E-state index in [2.05, 4.69) is 99.0 Å². The topological polar surface area (TPSA) is 114 Å². The van der Waals surface area contributed by atoms with Crippen LogP contribution < -0.4 is 10.2 Å². The van der Waals surface area contributed by atoms with Crippen LogP contribution in [0.25, 0.3) is 0 Å². The van der Waals surface area contributed by atoms with Crippen LogP contribution in [0.5, 0.6) is 0 Å². The number of hydrogen-bond acceptors (Lipinski definition) is 7. The third-order valence-electron chi connectivity index (χ3n) is 16.3. The first-order valence-electron chi connectivity index (χ1n) is 36.9. The average molecular weight is 1240 g/mol. The fourth-order valence-corrected chi connectivity index (χ4v) is 11.4. The van der Waals surface area contributed by atoms with Crippen molar-refractivity contribution in [2.75, 3.05) is 40.9 Å². The summed E-state index contributed by atoms with van der Waals surface area (Å²) in [6.45, 7) is 6.76. The van der Waals surface area contributed by atoms with Gasteiger partial charge in [-0.15, -0.1) is 0 Å². The second kappa shape index (κ2) is 66.1. The molecule has 0 fully saturated rings. The van der Waals surface area contributed by atoms with Crippen molar-refractivity contribution < 1.29 is 37.3 Å². The lowest BCUT2D eigenvalue weighted by Crippen LogP contribution is -2.47. The lowest BCUT2D eigenvalue weighted by Gasteiger charge is -2.30. The van der Waals surface area contributed by atoms with Crippen LogP contribution in [0.1, 0.15) is 342 Å². The normalized spacial score (nSPS) is 14.0. The summed E-state index contributed by atoms with van der Waals surface area (Å²) in [5.74, 6) is -0.559. The van der Waals surface area contributed by atoms with Crippen molar-refractivity contribution in [1.82, 2.24) is 5.32 Å². The van der Waals surface area contributed by atoms with Crippen molar-refractivity contribution in [2.24, 2.45) is 0 Å². The average Bonchev–Trinajstić information content (AvgIpc) is 3.70. The van der Waals surface area contributed by atoms with Crippen molar-refractivity contribution in [3.05, 3.63) is 85.1 Å². The van der Waals surface area contributed by atoms with Gasteiger partial charge in [0.1, 0.15) is 19.3 Å². The van der Waals surface area contributed by atoms with Gasteiger partial charge in [0.05, 0.1) is 33.8 Å². The SMILES string of the molecule is CC/C=C\C/C=C\C/C=C\C/C=C\C/C=C\C/C=C\CCCCCCC(=O)OC(/C=C/CCCCCCCCCCCCC)C(COP(=O)([O-])OCC[N+](C)(C)C)NC(=O)CCCCCCCCCCCCCCCCCCCCCCCCCCC. The molecule has 0 rings (SSSR count). The zero-order valence-electron chi connectivity index (χ0n) is 58.0. The monoisotopic (exact) mass is 1240 g/mol. The summed E-state index contributed by atoms with van der Waals surface area (Å²) in [5.41, 5.74) is 0. The van der Waals surface area contributed by atoms with Gasteiger partial charge < -0.3 is 28.5 Å². The molecule has 0 aromatic carbocycles. The maximum atomic E-state index is 13.6. The maximum absolute atomic E-state index is 13.6. The molecule has 0 saturated heterocycles. The number of quaternary nitrogens is 1. The van der Waals surface area contributed by atoms with Crippen LogP contribution in [0.4, 0.5) is 0 Å². The van der Waals surface area contributed by atoms with Crippen molar-refractivity contribution in [3.63, 3.8) is 0 Å². The third kappa shape index (κ3) is 67.4. The summed E-state index contributed by atoms with van der Waals surface area (Å²) in [7, 11) is 1.17. The fraction of sp³-hybridized carbons (Fsp3) is 0.792. The van der Waals surface area contributed by atoms with Gasteiger partial charge in [-0.25, -0.2) is 0 Å². The highest BCUT2D eigenvalue weighted by atomic mass is 31.2. The fourth-order valence-electron chi connectivity index (χ4n) is 10.7. The summed E-state index contributed by atoms with van der Waals surface area (Å²) < 4.78 is 30.5. The Hall–Kier alpha value is -2.81. The molecule has 3 unspecified atom stereocenters. The molecule has 0 heterocycles. The molecule has 87 heavy (non-hydrogen) atoms. The molecular weight excluding hydrogens is 1100 g/mol. The minimum Gasteiger partial charge on any atom is -0.756 e. The van der Waals surface area contributed by atoms with Crippen molar-refractivity contribution >= 4 is 19.7 Å². The number of ether oxygens (including phenoxy) is 1. The van der Waals surface area contributed by atoms with Crippen LogP contribution in [0.2, 0.25) is 0 Å². The smallest absolute Gasteiger partial charge is 0.306 e. The van der Waals surface area contributed by atoms with Crippen LogP contribution in [0.3, 0.4) is 0 Å². The molecule has 9 nitrogen and oxygen atoms in total. The van der Waals surface area contributed by atoms with Gasteiger partial charge in [0.25, 0.3) is 7.82 Å². The maximum Gasteiger partial charge on any atom is 0.306 e. The number of unbranched alkanes of at least 4 members (excludes halogenated alkanes) is 39. The van der Waals surface area contributed by atoms with Gasteiger partial charge in [0.2, 0.25) is 5.91 Å². The molecule has 506 valence electrons. The summed E-state index contributed by atoms with van der Waals surface area (Å²) in [6, 6.07) is -0.903. The van der Waals surface area contributed by atoms with E-state index in [-0.39, 0.29) is 24.9 Å². The van der Waals surface area contributed by atoms with Crippen molar-refractivity contribution in [2.45, 2.75) is 354 Å². The Morgan fingerprint density at radius 3 is 1.10 bits per heavy atom. The van der Waals surface area contributed by atoms with Gasteiger partial charge in [0, 0.05) is 12.8 Å². The Morgan fingerprint density at radius 1 is 0.414 bits per heavy atom. The largest absolute Gasteiger partial charge is 0.756 e. The number of carbonyl (C=O) groups is 2. The first-order chi connectivity index (χ1) is 42.4. The van der Waals surface area contributed by atoms with E-state index in [0.29, 0.717) is 23.9 Å². The highest BCUT2D eigenvalue weighted by Crippen LogP contribution is 2.38. The number of rotatable bonds is 67. The molecule has 0 aliphatic carbocycles. The second-order valence-corrected chi connectivity index (χ2v) is 27.5. The van der Waals surface area contributed by atoms with E-state index in [1.54, 1.807) is 0 Å². The van der Waals surface area contributed by atoms with E-state index in [1.165, 1.54) is 199 Å². The number of likely N-dealkylation sites (N-methyl/N-ethyl adjacent to an activating group) is 1. The van der Waals surface area contributed by atoms with E-state index in [9.17, 15) is 19.0 Å². The lowest BCUT2D eigenvalue weighted by molar-refractivity contribution is -0.870. The Kier molecular flexibility index (Phi) is 64.0. The molecule has 1 N–H and O–H groups in total. The predicted molar refractivity (Wildman–Crippen MR) is 376 cm³/mol. The number of esters is 1. The molecule has 0 aromatic rings. The summed E-state index contributed by atoms with van der Waals surface area (Å²) in [5, 5.41) is 3.04. The van der Waals surface area contributed by atoms with E-state index in [1.807, 2.05) is 33.3 Å². The molecule has 0 aromatic heterocycles. The van der Waals surface area contributed by atoms with Crippen LogP contribution in [0, 0.1) is 0 Å². The number of phosphoric ester groups is 1. The molecule has 0 radical (unpaired) electrons. The zero-order chi connectivity index (χ0) is 63.5. The van der Waals surface area contributed by atoms with E-state index in [0.717, 1.165) is 103 Å². The van der Waals surface area contributed by atoms with Gasteiger partial charge in [-0.3, -0.25) is 14.2 Å². The molecular formula is C77H141N2O7P. The van der Waals surface area contributed by atoms with E-state index < -0.39 is 26.6 Å². The van der Waals surface area contributed by atoms with Gasteiger partial charge in [-0.2, -0.15) is 0 Å². The first-order valence-corrected chi connectivity index (χ1v) is 38.4. The Balaban J connectivity index is 5.10. The lowest BCUT2D eigenvalue weighted by atomic mass is 10.0. The predicted octanol–water partition coefficient (Wildman–Crippen LogP) is 23.0. The minimum atomic E-state index is -4.72. The second-order valence-electron chi connectivity index (χ2n) is 26.1. The highest BCUT2D eigenvalue weighted by Gasteiger charge is 2.27. The quantitative estimate of drug-likeness (QED) is 0.0212. The number of nitrogens with one attached hydrogen (secondary N) is 1. The third-order valence-corrected chi connectivity index (χ3v) is 17.3. The molecule has 1 amide bonds. The summed E-state index contributed by atoms with van der Waals surface area (Å²) in [4.78, 5) is 40.2. The van der Waals surface area contributed by atoms with Crippen LogP contribution in [0.15, 0.2) is 85.1 Å². The molecule has 0 saturated carbocycles. The van der Waals surface area contributed by atoms with Gasteiger partial charge in [0.15, 0.2) is 0 Å². The summed E-state index contributed by atoms with van der Waals surface area (Å²) in [6.07, 6.45) is 88.6. The Bertz CT molecular complexity index is 1760. The number of carbonyl (C=O) groups excluding carboxylic acids is 2. The summed E-state index contributed by atoms with van der Waals surface area (Å²) >= 11 is 0. The number of nitrogens with zero attached hydrogens (tertiary/aromatic N) is 1. The molecule has 0 bridgehead atoms. The van der Waals surface area contributed by atoms with Crippen LogP contribution in [-0.4, -0.2) is 69.4 Å². The Morgan fingerprint density at radius 2 is 0.736 bits per heavy atom. The van der Waals surface area contributed by atoms with E-state index in [4.69, 9.17) is 13.8 Å².